The Morgan fingerprint density at radius 1 is 1.00 bits per heavy atom. The fourth-order valence-corrected chi connectivity index (χ4v) is 3.93. The maximum atomic E-state index is 4.68. The van der Waals surface area contributed by atoms with Gasteiger partial charge in [0.25, 0.3) is 0 Å². The monoisotopic (exact) mass is 269 g/mol. The zero-order chi connectivity index (χ0) is 13.8. The van der Waals surface area contributed by atoms with Crippen molar-refractivity contribution in [3.63, 3.8) is 0 Å². The SMILES string of the molecule is C1=C2c3c(cc(-c4ccccc4)c4ncccc34)C2CC1. The molecule has 100 valence electrons. The van der Waals surface area contributed by atoms with Gasteiger partial charge in [-0.1, -0.05) is 42.5 Å². The minimum absolute atomic E-state index is 0.673. The molecule has 1 atom stereocenters. The van der Waals surface area contributed by atoms with Gasteiger partial charge in [0.1, 0.15) is 0 Å². The molecule has 1 aromatic heterocycles. The van der Waals surface area contributed by atoms with E-state index < -0.39 is 0 Å². The normalized spacial score (nSPS) is 18.9. The van der Waals surface area contributed by atoms with Crippen LogP contribution in [0.1, 0.15) is 29.9 Å². The van der Waals surface area contributed by atoms with Gasteiger partial charge < -0.3 is 0 Å². The first-order valence-corrected chi connectivity index (χ1v) is 7.61. The molecule has 1 heteroatoms. The molecule has 2 aliphatic rings. The Morgan fingerprint density at radius 3 is 2.81 bits per heavy atom. The summed E-state index contributed by atoms with van der Waals surface area (Å²) in [6.45, 7) is 0. The summed E-state index contributed by atoms with van der Waals surface area (Å²) < 4.78 is 0. The highest BCUT2D eigenvalue weighted by molar-refractivity contribution is 6.07. The van der Waals surface area contributed by atoms with Crippen LogP contribution in [-0.4, -0.2) is 4.98 Å². The van der Waals surface area contributed by atoms with Crippen molar-refractivity contribution in [3.8, 4) is 11.1 Å². The van der Waals surface area contributed by atoms with Crippen molar-refractivity contribution < 1.29 is 0 Å². The average molecular weight is 269 g/mol. The summed E-state index contributed by atoms with van der Waals surface area (Å²) >= 11 is 0. The molecule has 21 heavy (non-hydrogen) atoms. The number of benzene rings is 2. The highest BCUT2D eigenvalue weighted by atomic mass is 14.7. The molecule has 5 rings (SSSR count). The topological polar surface area (TPSA) is 12.9 Å². The van der Waals surface area contributed by atoms with Crippen LogP contribution in [0, 0.1) is 0 Å². The Kier molecular flexibility index (Phi) is 2.17. The highest BCUT2D eigenvalue weighted by Gasteiger charge is 2.36. The number of nitrogens with zero attached hydrogens (tertiary/aromatic N) is 1. The van der Waals surface area contributed by atoms with E-state index in [0.717, 1.165) is 5.52 Å². The summed E-state index contributed by atoms with van der Waals surface area (Å²) in [5, 5.41) is 1.32. The zero-order valence-electron chi connectivity index (χ0n) is 11.7. The second-order valence-electron chi connectivity index (χ2n) is 5.94. The quantitative estimate of drug-likeness (QED) is 0.593. The molecular weight excluding hydrogens is 254 g/mol. The van der Waals surface area contributed by atoms with Gasteiger partial charge in [0.15, 0.2) is 0 Å². The Bertz CT molecular complexity index is 890. The van der Waals surface area contributed by atoms with Crippen LogP contribution >= 0.6 is 0 Å². The Morgan fingerprint density at radius 2 is 1.90 bits per heavy atom. The van der Waals surface area contributed by atoms with Crippen molar-refractivity contribution in [2.75, 3.05) is 0 Å². The lowest BCUT2D eigenvalue weighted by Gasteiger charge is -2.32. The summed E-state index contributed by atoms with van der Waals surface area (Å²) in [6.07, 6.45) is 6.82. The molecule has 0 N–H and O–H groups in total. The van der Waals surface area contributed by atoms with Gasteiger partial charge in [0, 0.05) is 23.1 Å². The lowest BCUT2D eigenvalue weighted by molar-refractivity contribution is 0.781. The standard InChI is InChI=1S/C20H15N/c1-2-6-13(7-3-1)17-12-18-14-8-4-9-15(14)19(18)16-10-5-11-21-20(16)17/h1-3,5-7,9-12,14H,4,8H2. The van der Waals surface area contributed by atoms with Gasteiger partial charge in [-0.25, -0.2) is 0 Å². The van der Waals surface area contributed by atoms with Crippen LogP contribution in [-0.2, 0) is 0 Å². The molecule has 0 radical (unpaired) electrons. The van der Waals surface area contributed by atoms with Crippen molar-refractivity contribution >= 4 is 16.5 Å². The van der Waals surface area contributed by atoms with Gasteiger partial charge in [0.05, 0.1) is 5.52 Å². The third-order valence-electron chi connectivity index (χ3n) is 4.86. The van der Waals surface area contributed by atoms with E-state index >= 15 is 0 Å². The maximum absolute atomic E-state index is 4.68. The first-order chi connectivity index (χ1) is 10.4. The second kappa shape index (κ2) is 4.05. The van der Waals surface area contributed by atoms with Crippen LogP contribution in [0.5, 0.6) is 0 Å². The third kappa shape index (κ3) is 1.43. The third-order valence-corrected chi connectivity index (χ3v) is 4.86. The van der Waals surface area contributed by atoms with Crippen LogP contribution in [0.15, 0.2) is 60.8 Å². The molecule has 1 unspecified atom stereocenters. The molecular formula is C20H15N. The van der Waals surface area contributed by atoms with E-state index in [2.05, 4.69) is 59.6 Å². The second-order valence-corrected chi connectivity index (χ2v) is 5.94. The average Bonchev–Trinajstić information content (AvgIpc) is 2.95. The maximum Gasteiger partial charge on any atom is 0.0786 e. The molecule has 0 spiro atoms. The number of allylic oxidation sites excluding steroid dienone is 2. The summed E-state index contributed by atoms with van der Waals surface area (Å²) in [7, 11) is 0. The van der Waals surface area contributed by atoms with Gasteiger partial charge >= 0.3 is 0 Å². The lowest BCUT2D eigenvalue weighted by Crippen LogP contribution is -2.13. The van der Waals surface area contributed by atoms with Crippen molar-refractivity contribution in [1.82, 2.24) is 4.98 Å². The van der Waals surface area contributed by atoms with Crippen LogP contribution < -0.4 is 0 Å². The number of pyridine rings is 1. The van der Waals surface area contributed by atoms with Crippen molar-refractivity contribution in [2.45, 2.75) is 18.8 Å². The fourth-order valence-electron chi connectivity index (χ4n) is 3.93. The number of aromatic nitrogens is 1. The van der Waals surface area contributed by atoms with Gasteiger partial charge in [-0.2, -0.15) is 0 Å². The largest absolute Gasteiger partial charge is 0.256 e. The van der Waals surface area contributed by atoms with Crippen molar-refractivity contribution in [3.05, 3.63) is 71.9 Å². The fraction of sp³-hybridized carbons (Fsp3) is 0.150. The molecule has 2 aliphatic carbocycles. The van der Waals surface area contributed by atoms with Crippen LogP contribution in [0.25, 0.3) is 27.6 Å². The van der Waals surface area contributed by atoms with E-state index in [1.165, 1.54) is 40.5 Å². The van der Waals surface area contributed by atoms with E-state index in [4.69, 9.17) is 0 Å². The molecule has 1 heterocycles. The van der Waals surface area contributed by atoms with E-state index in [9.17, 15) is 0 Å². The van der Waals surface area contributed by atoms with Crippen LogP contribution in [0.3, 0.4) is 0 Å². The number of hydrogen-bond acceptors (Lipinski definition) is 1. The van der Waals surface area contributed by atoms with E-state index in [0.29, 0.717) is 5.92 Å². The van der Waals surface area contributed by atoms with Crippen molar-refractivity contribution in [1.29, 1.82) is 0 Å². The predicted molar refractivity (Wildman–Crippen MR) is 87.1 cm³/mol. The molecule has 2 aromatic carbocycles. The summed E-state index contributed by atoms with van der Waals surface area (Å²) in [5.74, 6) is 0.673. The zero-order valence-corrected chi connectivity index (χ0v) is 11.7. The number of fused-ring (bicyclic) bond motifs is 6. The number of rotatable bonds is 1. The van der Waals surface area contributed by atoms with Crippen LogP contribution in [0.4, 0.5) is 0 Å². The highest BCUT2D eigenvalue weighted by Crippen LogP contribution is 2.56. The first-order valence-electron chi connectivity index (χ1n) is 7.61. The molecule has 0 aliphatic heterocycles. The molecule has 0 bridgehead atoms. The van der Waals surface area contributed by atoms with E-state index in [-0.39, 0.29) is 0 Å². The van der Waals surface area contributed by atoms with E-state index in [1.807, 2.05) is 6.20 Å². The summed E-state index contributed by atoms with van der Waals surface area (Å²) in [5.41, 5.74) is 8.21. The molecule has 3 aromatic rings. The summed E-state index contributed by atoms with van der Waals surface area (Å²) in [6, 6.07) is 17.3. The molecule has 0 fully saturated rings. The first kappa shape index (κ1) is 11.3. The van der Waals surface area contributed by atoms with E-state index in [1.54, 1.807) is 5.57 Å². The van der Waals surface area contributed by atoms with Gasteiger partial charge in [-0.05, 0) is 47.2 Å². The van der Waals surface area contributed by atoms with Gasteiger partial charge in [-0.15, -0.1) is 0 Å². The lowest BCUT2D eigenvalue weighted by atomic mass is 9.71. The summed E-state index contributed by atoms with van der Waals surface area (Å²) in [4.78, 5) is 4.68. The minimum Gasteiger partial charge on any atom is -0.256 e. The molecule has 0 saturated carbocycles. The van der Waals surface area contributed by atoms with Gasteiger partial charge in [-0.3, -0.25) is 4.98 Å². The molecule has 1 nitrogen and oxygen atoms in total. The Hall–Kier alpha value is -2.41. The molecule has 0 saturated heterocycles. The number of hydrogen-bond donors (Lipinski definition) is 0. The molecule has 0 amide bonds. The minimum atomic E-state index is 0.673. The predicted octanol–water partition coefficient (Wildman–Crippen LogP) is 5.18. The Labute approximate surface area is 124 Å². The smallest absolute Gasteiger partial charge is 0.0786 e. The Balaban J connectivity index is 1.88. The van der Waals surface area contributed by atoms with Gasteiger partial charge in [0.2, 0.25) is 0 Å². The van der Waals surface area contributed by atoms with Crippen molar-refractivity contribution in [2.24, 2.45) is 0 Å². The van der Waals surface area contributed by atoms with Crippen LogP contribution in [0.2, 0.25) is 0 Å².